The third kappa shape index (κ3) is 3.97. The predicted molar refractivity (Wildman–Crippen MR) is 71.1 cm³/mol. The number of sulfonamides is 1. The molecular formula is C12H20N2O3S. The Hall–Kier alpha value is -1.11. The molecule has 0 aromatic heterocycles. The summed E-state index contributed by atoms with van der Waals surface area (Å²) in [5.41, 5.74) is 5.37. The van der Waals surface area contributed by atoms with E-state index >= 15 is 0 Å². The Bertz CT molecular complexity index is 487. The third-order valence-electron chi connectivity index (χ3n) is 2.21. The Morgan fingerprint density at radius 3 is 2.11 bits per heavy atom. The maximum Gasteiger partial charge on any atom is 0.242 e. The largest absolute Gasteiger partial charge is 0.492 e. The van der Waals surface area contributed by atoms with Crippen molar-refractivity contribution >= 4 is 10.0 Å². The SMILES string of the molecule is CN(C)S(=O)(=O)c1ccc(OCC(C)(C)N)cc1. The molecule has 0 aliphatic carbocycles. The molecular weight excluding hydrogens is 252 g/mol. The first-order chi connectivity index (χ1) is 8.13. The Labute approximate surface area is 109 Å². The van der Waals surface area contributed by atoms with Gasteiger partial charge in [0.25, 0.3) is 0 Å². The van der Waals surface area contributed by atoms with Gasteiger partial charge in [-0.3, -0.25) is 0 Å². The lowest BCUT2D eigenvalue weighted by Crippen LogP contribution is -2.38. The number of ether oxygens (including phenoxy) is 1. The van der Waals surface area contributed by atoms with Crippen LogP contribution in [-0.2, 0) is 10.0 Å². The van der Waals surface area contributed by atoms with Crippen LogP contribution in [0.3, 0.4) is 0 Å². The van der Waals surface area contributed by atoms with Crippen molar-refractivity contribution in [2.24, 2.45) is 5.73 Å². The fraction of sp³-hybridized carbons (Fsp3) is 0.500. The van der Waals surface area contributed by atoms with Gasteiger partial charge in [0.15, 0.2) is 0 Å². The van der Waals surface area contributed by atoms with Crippen molar-refractivity contribution in [1.82, 2.24) is 4.31 Å². The van der Waals surface area contributed by atoms with Crippen LogP contribution in [0, 0.1) is 0 Å². The fourth-order valence-corrected chi connectivity index (χ4v) is 2.09. The molecule has 0 atom stereocenters. The molecule has 0 spiro atoms. The first kappa shape index (κ1) is 14.9. The Balaban J connectivity index is 2.81. The Kier molecular flexibility index (Phi) is 4.37. The summed E-state index contributed by atoms with van der Waals surface area (Å²) in [5.74, 6) is 0.603. The van der Waals surface area contributed by atoms with Crippen LogP contribution in [0.4, 0.5) is 0 Å². The van der Waals surface area contributed by atoms with Gasteiger partial charge in [-0.15, -0.1) is 0 Å². The Morgan fingerprint density at radius 1 is 1.22 bits per heavy atom. The summed E-state index contributed by atoms with van der Waals surface area (Å²) in [7, 11) is -0.390. The van der Waals surface area contributed by atoms with Gasteiger partial charge >= 0.3 is 0 Å². The minimum absolute atomic E-state index is 0.242. The van der Waals surface area contributed by atoms with Gasteiger partial charge in [0.1, 0.15) is 12.4 Å². The summed E-state index contributed by atoms with van der Waals surface area (Å²) in [5, 5.41) is 0. The predicted octanol–water partition coefficient (Wildman–Crippen LogP) is 1.05. The molecule has 2 N–H and O–H groups in total. The molecule has 0 saturated heterocycles. The van der Waals surface area contributed by atoms with E-state index in [1.807, 2.05) is 13.8 Å². The van der Waals surface area contributed by atoms with Gasteiger partial charge in [-0.25, -0.2) is 12.7 Å². The molecule has 0 unspecified atom stereocenters. The van der Waals surface area contributed by atoms with Crippen LogP contribution in [0.2, 0.25) is 0 Å². The second-order valence-electron chi connectivity index (χ2n) is 5.04. The van der Waals surface area contributed by atoms with Crippen molar-refractivity contribution in [3.63, 3.8) is 0 Å². The number of benzene rings is 1. The van der Waals surface area contributed by atoms with E-state index in [4.69, 9.17) is 10.5 Å². The molecule has 18 heavy (non-hydrogen) atoms. The van der Waals surface area contributed by atoms with Gasteiger partial charge < -0.3 is 10.5 Å². The zero-order chi connectivity index (χ0) is 14.0. The molecule has 0 aliphatic rings. The van der Waals surface area contributed by atoms with Gasteiger partial charge in [0.05, 0.1) is 4.90 Å². The van der Waals surface area contributed by atoms with Crippen LogP contribution < -0.4 is 10.5 Å². The van der Waals surface area contributed by atoms with Gasteiger partial charge in [-0.2, -0.15) is 0 Å². The van der Waals surface area contributed by atoms with Crippen molar-refractivity contribution in [3.8, 4) is 5.75 Å². The highest BCUT2D eigenvalue weighted by Gasteiger charge is 2.17. The van der Waals surface area contributed by atoms with E-state index in [9.17, 15) is 8.42 Å². The highest BCUT2D eigenvalue weighted by molar-refractivity contribution is 7.89. The summed E-state index contributed by atoms with van der Waals surface area (Å²) in [6, 6.07) is 6.30. The van der Waals surface area contributed by atoms with Crippen LogP contribution in [0.15, 0.2) is 29.2 Å². The van der Waals surface area contributed by atoms with E-state index in [1.54, 1.807) is 12.1 Å². The summed E-state index contributed by atoms with van der Waals surface area (Å²) < 4.78 is 30.3. The second kappa shape index (κ2) is 5.26. The summed E-state index contributed by atoms with van der Waals surface area (Å²) in [6.45, 7) is 4.09. The molecule has 6 heteroatoms. The zero-order valence-corrected chi connectivity index (χ0v) is 12.0. The van der Waals surface area contributed by atoms with Crippen molar-refractivity contribution in [2.45, 2.75) is 24.3 Å². The van der Waals surface area contributed by atoms with E-state index in [0.717, 1.165) is 0 Å². The quantitative estimate of drug-likeness (QED) is 0.869. The zero-order valence-electron chi connectivity index (χ0n) is 11.2. The lowest BCUT2D eigenvalue weighted by Gasteiger charge is -2.19. The van der Waals surface area contributed by atoms with E-state index in [-0.39, 0.29) is 4.90 Å². The van der Waals surface area contributed by atoms with Crippen molar-refractivity contribution in [2.75, 3.05) is 20.7 Å². The molecule has 0 fully saturated rings. The van der Waals surface area contributed by atoms with Crippen molar-refractivity contribution < 1.29 is 13.2 Å². The molecule has 0 bridgehead atoms. The lowest BCUT2D eigenvalue weighted by atomic mass is 10.1. The molecule has 1 aromatic rings. The average molecular weight is 272 g/mol. The van der Waals surface area contributed by atoms with Crippen molar-refractivity contribution in [1.29, 1.82) is 0 Å². The maximum atomic E-state index is 11.8. The van der Waals surface area contributed by atoms with Crippen LogP contribution in [0.25, 0.3) is 0 Å². The van der Waals surface area contributed by atoms with E-state index in [2.05, 4.69) is 0 Å². The number of nitrogens with two attached hydrogens (primary N) is 1. The van der Waals surface area contributed by atoms with E-state index in [1.165, 1.54) is 30.5 Å². The topological polar surface area (TPSA) is 72.6 Å². The standard InChI is InChI=1S/C12H20N2O3S/c1-12(2,13)9-17-10-5-7-11(8-6-10)18(15,16)14(3)4/h5-8H,9,13H2,1-4H3. The van der Waals surface area contributed by atoms with Gasteiger partial charge in [0, 0.05) is 19.6 Å². The van der Waals surface area contributed by atoms with Gasteiger partial charge in [-0.1, -0.05) is 0 Å². The lowest BCUT2D eigenvalue weighted by molar-refractivity contribution is 0.243. The Morgan fingerprint density at radius 2 is 1.72 bits per heavy atom. The van der Waals surface area contributed by atoms with E-state index < -0.39 is 15.6 Å². The van der Waals surface area contributed by atoms with Crippen LogP contribution >= 0.6 is 0 Å². The minimum Gasteiger partial charge on any atom is -0.492 e. The summed E-state index contributed by atoms with van der Waals surface area (Å²) in [6.07, 6.45) is 0. The summed E-state index contributed by atoms with van der Waals surface area (Å²) in [4.78, 5) is 0.242. The molecule has 0 heterocycles. The molecule has 0 amide bonds. The van der Waals surface area contributed by atoms with Gasteiger partial charge in [0.2, 0.25) is 10.0 Å². The molecule has 0 radical (unpaired) electrons. The number of hydrogen-bond donors (Lipinski definition) is 1. The molecule has 0 aliphatic heterocycles. The van der Waals surface area contributed by atoms with Gasteiger partial charge in [-0.05, 0) is 38.1 Å². The molecule has 102 valence electrons. The second-order valence-corrected chi connectivity index (χ2v) is 7.19. The number of hydrogen-bond acceptors (Lipinski definition) is 4. The number of rotatable bonds is 5. The fourth-order valence-electron chi connectivity index (χ4n) is 1.19. The monoisotopic (exact) mass is 272 g/mol. The first-order valence-corrected chi connectivity index (χ1v) is 7.01. The maximum absolute atomic E-state index is 11.8. The highest BCUT2D eigenvalue weighted by atomic mass is 32.2. The molecule has 1 rings (SSSR count). The van der Waals surface area contributed by atoms with Crippen LogP contribution in [0.1, 0.15) is 13.8 Å². The minimum atomic E-state index is -3.38. The highest BCUT2D eigenvalue weighted by Crippen LogP contribution is 2.18. The first-order valence-electron chi connectivity index (χ1n) is 5.57. The van der Waals surface area contributed by atoms with Crippen molar-refractivity contribution in [3.05, 3.63) is 24.3 Å². The smallest absolute Gasteiger partial charge is 0.242 e. The normalized spacial score (nSPS) is 12.8. The third-order valence-corrected chi connectivity index (χ3v) is 4.04. The number of nitrogens with zero attached hydrogens (tertiary/aromatic N) is 1. The molecule has 0 saturated carbocycles. The van der Waals surface area contributed by atoms with Crippen LogP contribution in [-0.4, -0.2) is 39.0 Å². The molecule has 1 aromatic carbocycles. The van der Waals surface area contributed by atoms with Crippen LogP contribution in [0.5, 0.6) is 5.75 Å². The van der Waals surface area contributed by atoms with E-state index in [0.29, 0.717) is 12.4 Å². The molecule has 5 nitrogen and oxygen atoms in total. The average Bonchev–Trinajstić information content (AvgIpc) is 2.26. The summed E-state index contributed by atoms with van der Waals surface area (Å²) >= 11 is 0.